The second kappa shape index (κ2) is 3.96. The zero-order valence-electron chi connectivity index (χ0n) is 9.00. The summed E-state index contributed by atoms with van der Waals surface area (Å²) < 4.78 is 36.6. The molecule has 1 aliphatic heterocycles. The molecule has 0 bridgehead atoms. The van der Waals surface area contributed by atoms with E-state index in [0.717, 1.165) is 12.1 Å². The van der Waals surface area contributed by atoms with Crippen LogP contribution in [0.25, 0.3) is 0 Å². The molecule has 0 atom stereocenters. The Labute approximate surface area is 95.8 Å². The molecule has 1 aliphatic rings. The molecule has 0 amide bonds. The second-order valence-corrected chi connectivity index (χ2v) is 3.85. The van der Waals surface area contributed by atoms with Gasteiger partial charge in [0, 0.05) is 11.6 Å². The summed E-state index contributed by atoms with van der Waals surface area (Å²) in [7, 11) is 1.21. The average Bonchev–Trinajstić information content (AvgIpc) is 2.20. The number of halogens is 2. The third-order valence-electron chi connectivity index (χ3n) is 2.86. The van der Waals surface area contributed by atoms with Crippen molar-refractivity contribution in [2.24, 2.45) is 0 Å². The lowest BCUT2D eigenvalue weighted by atomic mass is 9.78. The number of hydrogen-bond acceptors (Lipinski definition) is 3. The molecule has 6 heteroatoms. The fourth-order valence-corrected chi connectivity index (χ4v) is 1.75. The van der Waals surface area contributed by atoms with Gasteiger partial charge in [-0.2, -0.15) is 0 Å². The van der Waals surface area contributed by atoms with Crippen molar-refractivity contribution in [3.63, 3.8) is 0 Å². The highest BCUT2D eigenvalue weighted by atomic mass is 19.1. The maximum atomic E-state index is 13.7. The minimum absolute atomic E-state index is 0.162. The van der Waals surface area contributed by atoms with E-state index in [0.29, 0.717) is 0 Å². The van der Waals surface area contributed by atoms with Gasteiger partial charge >= 0.3 is 5.97 Å². The topological polar surface area (TPSA) is 55.8 Å². The van der Waals surface area contributed by atoms with E-state index in [1.807, 2.05) is 0 Å². The van der Waals surface area contributed by atoms with Crippen molar-refractivity contribution in [3.8, 4) is 5.75 Å². The number of benzene rings is 1. The van der Waals surface area contributed by atoms with Crippen LogP contribution in [-0.4, -0.2) is 31.4 Å². The zero-order chi connectivity index (χ0) is 12.6. The molecule has 1 fully saturated rings. The van der Waals surface area contributed by atoms with Crippen LogP contribution in [0.4, 0.5) is 8.78 Å². The summed E-state index contributed by atoms with van der Waals surface area (Å²) in [4.78, 5) is 11.1. The molecule has 2 rings (SSSR count). The predicted octanol–water partition coefficient (Wildman–Crippen LogP) is 1.33. The van der Waals surface area contributed by atoms with Crippen molar-refractivity contribution < 1.29 is 28.2 Å². The first-order valence-electron chi connectivity index (χ1n) is 4.86. The fourth-order valence-electron chi connectivity index (χ4n) is 1.75. The first kappa shape index (κ1) is 11.8. The molecule has 92 valence electrons. The summed E-state index contributed by atoms with van der Waals surface area (Å²) in [6.07, 6.45) is 0. The highest BCUT2D eigenvalue weighted by Crippen LogP contribution is 2.36. The lowest BCUT2D eigenvalue weighted by Gasteiger charge is -2.37. The molecule has 1 N–H and O–H groups in total. The van der Waals surface area contributed by atoms with E-state index in [4.69, 9.17) is 9.84 Å². The maximum Gasteiger partial charge on any atom is 0.319 e. The Morgan fingerprint density at radius 3 is 2.47 bits per heavy atom. The Morgan fingerprint density at radius 1 is 1.41 bits per heavy atom. The van der Waals surface area contributed by atoms with Crippen molar-refractivity contribution >= 4 is 5.97 Å². The van der Waals surface area contributed by atoms with Crippen LogP contribution in [-0.2, 0) is 14.9 Å². The number of hydrogen-bond donors (Lipinski definition) is 1. The summed E-state index contributed by atoms with van der Waals surface area (Å²) in [6, 6.07) is 1.69. The number of carboxylic acids is 1. The normalized spacial score (nSPS) is 17.4. The SMILES string of the molecule is COc1cc(F)c(C2(C(=O)O)COC2)cc1F. The molecule has 0 spiro atoms. The molecule has 0 radical (unpaired) electrons. The second-order valence-electron chi connectivity index (χ2n) is 3.85. The number of aliphatic carboxylic acids is 1. The van der Waals surface area contributed by atoms with Crippen LogP contribution >= 0.6 is 0 Å². The molecule has 0 aliphatic carbocycles. The van der Waals surface area contributed by atoms with Crippen LogP contribution in [0.3, 0.4) is 0 Å². The van der Waals surface area contributed by atoms with E-state index in [1.54, 1.807) is 0 Å². The molecule has 1 aromatic carbocycles. The molecule has 1 aromatic rings. The number of carbonyl (C=O) groups is 1. The van der Waals surface area contributed by atoms with Gasteiger partial charge in [-0.25, -0.2) is 8.78 Å². The lowest BCUT2D eigenvalue weighted by molar-refractivity contribution is -0.163. The minimum atomic E-state index is -1.49. The molecule has 0 unspecified atom stereocenters. The van der Waals surface area contributed by atoms with Gasteiger partial charge in [-0.05, 0) is 6.07 Å². The Bertz CT molecular complexity index is 469. The van der Waals surface area contributed by atoms with Crippen LogP contribution < -0.4 is 4.74 Å². The molecule has 4 nitrogen and oxygen atoms in total. The Kier molecular flexibility index (Phi) is 2.74. The fraction of sp³-hybridized carbons (Fsp3) is 0.364. The van der Waals surface area contributed by atoms with Gasteiger partial charge in [0.1, 0.15) is 11.2 Å². The van der Waals surface area contributed by atoms with E-state index in [9.17, 15) is 13.6 Å². The molecular weight excluding hydrogens is 234 g/mol. The van der Waals surface area contributed by atoms with Crippen molar-refractivity contribution in [2.75, 3.05) is 20.3 Å². The van der Waals surface area contributed by atoms with Crippen molar-refractivity contribution in [2.45, 2.75) is 5.41 Å². The molecular formula is C11H10F2O4. The van der Waals surface area contributed by atoms with E-state index in [1.165, 1.54) is 7.11 Å². The van der Waals surface area contributed by atoms with E-state index in [-0.39, 0.29) is 24.5 Å². The summed E-state index contributed by atoms with van der Waals surface area (Å²) in [5.41, 5.74) is -1.70. The van der Waals surface area contributed by atoms with Crippen LogP contribution in [0.1, 0.15) is 5.56 Å². The smallest absolute Gasteiger partial charge is 0.319 e. The molecule has 0 saturated carbocycles. The van der Waals surface area contributed by atoms with E-state index < -0.39 is 23.0 Å². The molecule has 0 aromatic heterocycles. The highest BCUT2D eigenvalue weighted by molar-refractivity contribution is 5.83. The first-order chi connectivity index (χ1) is 8.01. The standard InChI is InChI=1S/C11H10F2O4/c1-16-9-3-7(12)6(2-8(9)13)11(10(14)15)4-17-5-11/h2-3H,4-5H2,1H3,(H,14,15). The van der Waals surface area contributed by atoms with Gasteiger partial charge in [0.15, 0.2) is 11.6 Å². The third-order valence-corrected chi connectivity index (χ3v) is 2.86. The Hall–Kier alpha value is -1.69. The van der Waals surface area contributed by atoms with Crippen molar-refractivity contribution in [1.29, 1.82) is 0 Å². The van der Waals surface area contributed by atoms with Gasteiger partial charge in [-0.15, -0.1) is 0 Å². The number of ether oxygens (including phenoxy) is 2. The first-order valence-corrected chi connectivity index (χ1v) is 4.86. The lowest BCUT2D eigenvalue weighted by Crippen LogP contribution is -2.53. The zero-order valence-corrected chi connectivity index (χ0v) is 9.00. The van der Waals surface area contributed by atoms with Crippen molar-refractivity contribution in [3.05, 3.63) is 29.3 Å². The van der Waals surface area contributed by atoms with Gasteiger partial charge in [0.05, 0.1) is 20.3 Å². The van der Waals surface area contributed by atoms with E-state index in [2.05, 4.69) is 4.74 Å². The number of methoxy groups -OCH3 is 1. The van der Waals surface area contributed by atoms with Crippen LogP contribution in [0, 0.1) is 11.6 Å². The molecule has 17 heavy (non-hydrogen) atoms. The Morgan fingerprint density at radius 2 is 2.06 bits per heavy atom. The van der Waals surface area contributed by atoms with Gasteiger partial charge in [-0.1, -0.05) is 0 Å². The van der Waals surface area contributed by atoms with Gasteiger partial charge < -0.3 is 14.6 Å². The summed E-state index contributed by atoms with van der Waals surface area (Å²) >= 11 is 0. The van der Waals surface area contributed by atoms with E-state index >= 15 is 0 Å². The summed E-state index contributed by atoms with van der Waals surface area (Å²) in [5, 5.41) is 9.08. The van der Waals surface area contributed by atoms with Crippen molar-refractivity contribution in [1.82, 2.24) is 0 Å². The summed E-state index contributed by atoms with van der Waals surface area (Å²) in [5.74, 6) is -3.09. The maximum absolute atomic E-state index is 13.7. The largest absolute Gasteiger partial charge is 0.494 e. The van der Waals surface area contributed by atoms with Crippen LogP contribution in [0.15, 0.2) is 12.1 Å². The van der Waals surface area contributed by atoms with Crippen LogP contribution in [0.5, 0.6) is 5.75 Å². The molecule has 1 saturated heterocycles. The third kappa shape index (κ3) is 1.64. The number of carboxylic acid groups (broad SMARTS) is 1. The quantitative estimate of drug-likeness (QED) is 0.871. The van der Waals surface area contributed by atoms with Gasteiger partial charge in [0.2, 0.25) is 0 Å². The summed E-state index contributed by atoms with van der Waals surface area (Å²) in [6.45, 7) is -0.323. The highest BCUT2D eigenvalue weighted by Gasteiger charge is 2.50. The average molecular weight is 244 g/mol. The Balaban J connectivity index is 2.52. The van der Waals surface area contributed by atoms with Gasteiger partial charge in [0.25, 0.3) is 0 Å². The molecule has 1 heterocycles. The number of rotatable bonds is 3. The monoisotopic (exact) mass is 244 g/mol. The van der Waals surface area contributed by atoms with Crippen LogP contribution in [0.2, 0.25) is 0 Å². The minimum Gasteiger partial charge on any atom is -0.494 e. The van der Waals surface area contributed by atoms with Gasteiger partial charge in [-0.3, -0.25) is 4.79 Å². The predicted molar refractivity (Wildman–Crippen MR) is 53.0 cm³/mol.